The summed E-state index contributed by atoms with van der Waals surface area (Å²) in [5.74, 6) is 0.609. The van der Waals surface area contributed by atoms with Gasteiger partial charge in [0.25, 0.3) is 5.91 Å². The van der Waals surface area contributed by atoms with Gasteiger partial charge in [-0.15, -0.1) is 0 Å². The number of anilines is 1. The van der Waals surface area contributed by atoms with Crippen LogP contribution in [0.25, 0.3) is 0 Å². The third kappa shape index (κ3) is 4.43. The molecule has 1 saturated carbocycles. The van der Waals surface area contributed by atoms with Gasteiger partial charge in [-0.2, -0.15) is 0 Å². The summed E-state index contributed by atoms with van der Waals surface area (Å²) in [5.41, 5.74) is 0.618. The number of hydrogen-bond acceptors (Lipinski definition) is 4. The Balaban J connectivity index is 1.90. The van der Waals surface area contributed by atoms with Crippen molar-refractivity contribution in [1.29, 1.82) is 0 Å². The molecule has 0 bridgehead atoms. The lowest BCUT2D eigenvalue weighted by molar-refractivity contribution is 0.0940. The van der Waals surface area contributed by atoms with Crippen LogP contribution in [-0.4, -0.2) is 48.0 Å². The predicted molar refractivity (Wildman–Crippen MR) is 85.6 cm³/mol. The van der Waals surface area contributed by atoms with Crippen molar-refractivity contribution in [2.24, 2.45) is 0 Å². The Kier molecular flexibility index (Phi) is 5.56. The minimum Gasteiger partial charge on any atom is -0.369 e. The molecule has 1 amide bonds. The highest BCUT2D eigenvalue weighted by Crippen LogP contribution is 2.26. The van der Waals surface area contributed by atoms with Gasteiger partial charge in [0.05, 0.1) is 5.56 Å². The smallest absolute Gasteiger partial charge is 0.255 e. The standard InChI is InChI=1S/C16H26N4O/c1-4-9-17-15-14(6-5-10-18-15)16(21)19-11-12(2)20(3)13-7-8-13/h5-6,10,12-13H,4,7-9,11H2,1-3H3,(H,17,18)(H,19,21). The van der Waals surface area contributed by atoms with Crippen LogP contribution >= 0.6 is 0 Å². The first kappa shape index (κ1) is 15.8. The third-order valence-electron chi connectivity index (χ3n) is 3.97. The van der Waals surface area contributed by atoms with Gasteiger partial charge in [-0.1, -0.05) is 6.92 Å². The van der Waals surface area contributed by atoms with Crippen LogP contribution in [-0.2, 0) is 0 Å². The first-order valence-corrected chi connectivity index (χ1v) is 7.82. The van der Waals surface area contributed by atoms with Crippen LogP contribution in [0.2, 0.25) is 0 Å². The zero-order valence-electron chi connectivity index (χ0n) is 13.2. The minimum absolute atomic E-state index is 0.0576. The molecule has 1 aliphatic rings. The average Bonchev–Trinajstić information content (AvgIpc) is 3.34. The van der Waals surface area contributed by atoms with Crippen LogP contribution in [0.4, 0.5) is 5.82 Å². The van der Waals surface area contributed by atoms with Crippen LogP contribution in [0, 0.1) is 0 Å². The molecule has 1 aromatic heterocycles. The molecule has 2 rings (SSSR count). The van der Waals surface area contributed by atoms with Gasteiger partial charge in [0.1, 0.15) is 5.82 Å². The number of pyridine rings is 1. The molecule has 1 aliphatic carbocycles. The molecule has 116 valence electrons. The van der Waals surface area contributed by atoms with Crippen molar-refractivity contribution in [3.05, 3.63) is 23.9 Å². The molecule has 0 spiro atoms. The van der Waals surface area contributed by atoms with Crippen molar-refractivity contribution in [2.75, 3.05) is 25.5 Å². The van der Waals surface area contributed by atoms with E-state index in [0.29, 0.717) is 30.0 Å². The maximum Gasteiger partial charge on any atom is 0.255 e. The molecule has 5 heteroatoms. The Morgan fingerprint density at radius 1 is 1.52 bits per heavy atom. The molecule has 1 heterocycles. The van der Waals surface area contributed by atoms with E-state index in [1.807, 2.05) is 6.07 Å². The van der Waals surface area contributed by atoms with Crippen LogP contribution in [0.15, 0.2) is 18.3 Å². The third-order valence-corrected chi connectivity index (χ3v) is 3.97. The molecule has 1 fully saturated rings. The number of amides is 1. The fourth-order valence-corrected chi connectivity index (χ4v) is 2.29. The second kappa shape index (κ2) is 7.41. The van der Waals surface area contributed by atoms with Crippen molar-refractivity contribution in [3.8, 4) is 0 Å². The zero-order valence-corrected chi connectivity index (χ0v) is 13.2. The summed E-state index contributed by atoms with van der Waals surface area (Å²) in [5, 5.41) is 6.22. The highest BCUT2D eigenvalue weighted by atomic mass is 16.1. The summed E-state index contributed by atoms with van der Waals surface area (Å²) in [6.07, 6.45) is 5.27. The van der Waals surface area contributed by atoms with Crippen molar-refractivity contribution in [1.82, 2.24) is 15.2 Å². The van der Waals surface area contributed by atoms with Crippen molar-refractivity contribution in [3.63, 3.8) is 0 Å². The van der Waals surface area contributed by atoms with E-state index < -0.39 is 0 Å². The Morgan fingerprint density at radius 3 is 2.95 bits per heavy atom. The summed E-state index contributed by atoms with van der Waals surface area (Å²) in [6, 6.07) is 4.67. The molecular weight excluding hydrogens is 264 g/mol. The molecule has 1 atom stereocenters. The largest absolute Gasteiger partial charge is 0.369 e. The van der Waals surface area contributed by atoms with Gasteiger partial charge in [0.2, 0.25) is 0 Å². The molecule has 0 saturated heterocycles. The topological polar surface area (TPSA) is 57.3 Å². The van der Waals surface area contributed by atoms with E-state index in [4.69, 9.17) is 0 Å². The lowest BCUT2D eigenvalue weighted by Gasteiger charge is -2.24. The predicted octanol–water partition coefficient (Wildman–Crippen LogP) is 2.12. The average molecular weight is 290 g/mol. The van der Waals surface area contributed by atoms with E-state index in [2.05, 4.69) is 41.4 Å². The Bertz CT molecular complexity index is 473. The van der Waals surface area contributed by atoms with Crippen molar-refractivity contribution >= 4 is 11.7 Å². The summed E-state index contributed by atoms with van der Waals surface area (Å²) < 4.78 is 0. The molecular formula is C16H26N4O. The van der Waals surface area contributed by atoms with Gasteiger partial charge in [0.15, 0.2) is 0 Å². The van der Waals surface area contributed by atoms with Gasteiger partial charge in [-0.3, -0.25) is 9.69 Å². The fraction of sp³-hybridized carbons (Fsp3) is 0.625. The Labute approximate surface area is 127 Å². The van der Waals surface area contributed by atoms with Gasteiger partial charge in [-0.25, -0.2) is 4.98 Å². The number of nitrogens with one attached hydrogen (secondary N) is 2. The van der Waals surface area contributed by atoms with Crippen LogP contribution in [0.1, 0.15) is 43.5 Å². The van der Waals surface area contributed by atoms with E-state index in [0.717, 1.165) is 13.0 Å². The van der Waals surface area contributed by atoms with Crippen LogP contribution in [0.5, 0.6) is 0 Å². The quantitative estimate of drug-likeness (QED) is 0.770. The monoisotopic (exact) mass is 290 g/mol. The van der Waals surface area contributed by atoms with Crippen LogP contribution < -0.4 is 10.6 Å². The first-order valence-electron chi connectivity index (χ1n) is 7.82. The molecule has 0 aromatic carbocycles. The Morgan fingerprint density at radius 2 is 2.29 bits per heavy atom. The summed E-state index contributed by atoms with van der Waals surface area (Å²) in [7, 11) is 2.13. The van der Waals surface area contributed by atoms with Gasteiger partial charge >= 0.3 is 0 Å². The first-order chi connectivity index (χ1) is 10.1. The second-order valence-corrected chi connectivity index (χ2v) is 5.78. The van der Waals surface area contributed by atoms with E-state index in [1.165, 1.54) is 12.8 Å². The number of rotatable bonds is 8. The molecule has 5 nitrogen and oxygen atoms in total. The number of aromatic nitrogens is 1. The lowest BCUT2D eigenvalue weighted by atomic mass is 10.2. The molecule has 1 aromatic rings. The molecule has 21 heavy (non-hydrogen) atoms. The van der Waals surface area contributed by atoms with Crippen molar-refractivity contribution < 1.29 is 4.79 Å². The van der Waals surface area contributed by atoms with E-state index in [-0.39, 0.29) is 5.91 Å². The van der Waals surface area contributed by atoms with Gasteiger partial charge < -0.3 is 10.6 Å². The highest BCUT2D eigenvalue weighted by molar-refractivity contribution is 5.98. The highest BCUT2D eigenvalue weighted by Gasteiger charge is 2.29. The normalized spacial score (nSPS) is 15.8. The van der Waals surface area contributed by atoms with E-state index >= 15 is 0 Å². The lowest BCUT2D eigenvalue weighted by Crippen LogP contribution is -2.41. The van der Waals surface area contributed by atoms with Gasteiger partial charge in [0, 0.05) is 31.4 Å². The molecule has 2 N–H and O–H groups in total. The zero-order chi connectivity index (χ0) is 15.2. The fourth-order valence-electron chi connectivity index (χ4n) is 2.29. The second-order valence-electron chi connectivity index (χ2n) is 5.78. The summed E-state index contributed by atoms with van der Waals surface area (Å²) >= 11 is 0. The summed E-state index contributed by atoms with van der Waals surface area (Å²) in [4.78, 5) is 18.9. The molecule has 0 radical (unpaired) electrons. The number of hydrogen-bond donors (Lipinski definition) is 2. The Hall–Kier alpha value is -1.62. The van der Waals surface area contributed by atoms with Crippen molar-refractivity contribution in [2.45, 2.75) is 45.2 Å². The molecule has 0 aliphatic heterocycles. The number of carbonyl (C=O) groups excluding carboxylic acids is 1. The van der Waals surface area contributed by atoms with Crippen LogP contribution in [0.3, 0.4) is 0 Å². The number of likely N-dealkylation sites (N-methyl/N-ethyl adjacent to an activating group) is 1. The number of carbonyl (C=O) groups is 1. The minimum atomic E-state index is -0.0576. The van der Waals surface area contributed by atoms with Gasteiger partial charge in [-0.05, 0) is 45.4 Å². The number of nitrogens with zero attached hydrogens (tertiary/aromatic N) is 2. The summed E-state index contributed by atoms with van der Waals surface area (Å²) in [6.45, 7) is 5.72. The van der Waals surface area contributed by atoms with E-state index in [1.54, 1.807) is 12.3 Å². The van der Waals surface area contributed by atoms with E-state index in [9.17, 15) is 4.79 Å². The maximum absolute atomic E-state index is 12.3. The molecule has 1 unspecified atom stereocenters. The maximum atomic E-state index is 12.3. The SMILES string of the molecule is CCCNc1ncccc1C(=O)NCC(C)N(C)C1CC1.